The maximum absolute atomic E-state index is 10.3. The summed E-state index contributed by atoms with van der Waals surface area (Å²) < 4.78 is 0. The van der Waals surface area contributed by atoms with Crippen molar-refractivity contribution in [3.8, 4) is 0 Å². The van der Waals surface area contributed by atoms with E-state index in [2.05, 4.69) is 26.0 Å². The Bertz CT molecular complexity index is 560. The van der Waals surface area contributed by atoms with Crippen molar-refractivity contribution in [3.05, 3.63) is 23.3 Å². The summed E-state index contributed by atoms with van der Waals surface area (Å²) in [5.74, 6) is 1.78. The van der Waals surface area contributed by atoms with Crippen molar-refractivity contribution in [2.45, 2.75) is 77.9 Å². The number of hydrogen-bond donors (Lipinski definition) is 2. The molecule has 0 amide bonds. The highest BCUT2D eigenvalue weighted by atomic mass is 16.3. The Labute approximate surface area is 140 Å². The molecule has 128 valence electrons. The summed E-state index contributed by atoms with van der Waals surface area (Å²) in [5, 5.41) is 20.3. The first-order valence-corrected chi connectivity index (χ1v) is 9.63. The minimum atomic E-state index is -0.183. The normalized spacial score (nSPS) is 50.3. The molecule has 4 rings (SSSR count). The van der Waals surface area contributed by atoms with Gasteiger partial charge >= 0.3 is 0 Å². The van der Waals surface area contributed by atoms with Crippen LogP contribution in [0, 0.1) is 28.6 Å². The van der Waals surface area contributed by atoms with Crippen molar-refractivity contribution in [2.75, 3.05) is 0 Å². The van der Waals surface area contributed by atoms with Gasteiger partial charge in [-0.1, -0.05) is 37.1 Å². The largest absolute Gasteiger partial charge is 0.393 e. The van der Waals surface area contributed by atoms with Crippen molar-refractivity contribution in [1.82, 2.24) is 0 Å². The fourth-order valence-electron chi connectivity index (χ4n) is 6.82. The van der Waals surface area contributed by atoms with Crippen LogP contribution in [0.15, 0.2) is 23.3 Å². The van der Waals surface area contributed by atoms with Crippen molar-refractivity contribution in [1.29, 1.82) is 0 Å². The molecule has 0 radical (unpaired) electrons. The van der Waals surface area contributed by atoms with E-state index in [-0.39, 0.29) is 23.0 Å². The van der Waals surface area contributed by atoms with Gasteiger partial charge in [0.2, 0.25) is 0 Å². The zero-order chi connectivity index (χ0) is 16.4. The summed E-state index contributed by atoms with van der Waals surface area (Å²) in [6, 6.07) is 0. The molecule has 0 spiro atoms. The molecule has 0 aromatic heterocycles. The molecule has 0 heterocycles. The topological polar surface area (TPSA) is 40.5 Å². The fraction of sp³-hybridized carbons (Fsp3) is 0.810. The maximum atomic E-state index is 10.3. The molecule has 2 heteroatoms. The quantitative estimate of drug-likeness (QED) is 0.760. The van der Waals surface area contributed by atoms with Gasteiger partial charge in [-0.15, -0.1) is 0 Å². The second-order valence-corrected chi connectivity index (χ2v) is 9.25. The summed E-state index contributed by atoms with van der Waals surface area (Å²) in [4.78, 5) is 0. The summed E-state index contributed by atoms with van der Waals surface area (Å²) in [7, 11) is 0. The predicted molar refractivity (Wildman–Crippen MR) is 92.9 cm³/mol. The van der Waals surface area contributed by atoms with E-state index in [0.717, 1.165) is 19.3 Å². The summed E-state index contributed by atoms with van der Waals surface area (Å²) in [6.07, 6.45) is 12.3. The van der Waals surface area contributed by atoms with Crippen LogP contribution in [0.3, 0.4) is 0 Å². The van der Waals surface area contributed by atoms with Gasteiger partial charge in [-0.2, -0.15) is 0 Å². The van der Waals surface area contributed by atoms with E-state index < -0.39 is 0 Å². The number of allylic oxidation sites excluding steroid dienone is 3. The van der Waals surface area contributed by atoms with Crippen LogP contribution in [-0.4, -0.2) is 22.4 Å². The molecular formula is C21H32O2. The molecular weight excluding hydrogens is 284 g/mol. The lowest BCUT2D eigenvalue weighted by atomic mass is 9.50. The lowest BCUT2D eigenvalue weighted by Gasteiger charge is -2.55. The molecule has 4 aliphatic rings. The number of fused-ring (bicyclic) bond motifs is 5. The second-order valence-electron chi connectivity index (χ2n) is 9.25. The molecule has 7 atom stereocenters. The van der Waals surface area contributed by atoms with E-state index in [9.17, 15) is 10.2 Å². The maximum Gasteiger partial charge on any atom is 0.0578 e. The van der Waals surface area contributed by atoms with Crippen LogP contribution in [0.4, 0.5) is 0 Å². The van der Waals surface area contributed by atoms with E-state index in [1.807, 2.05) is 6.92 Å². The van der Waals surface area contributed by atoms with Crippen LogP contribution in [0.5, 0.6) is 0 Å². The average Bonchev–Trinajstić information content (AvgIpc) is 2.85. The Kier molecular flexibility index (Phi) is 3.59. The van der Waals surface area contributed by atoms with Crippen molar-refractivity contribution < 1.29 is 10.2 Å². The fourth-order valence-corrected chi connectivity index (χ4v) is 6.82. The molecule has 4 aliphatic carbocycles. The van der Waals surface area contributed by atoms with Gasteiger partial charge in [0.15, 0.2) is 0 Å². The van der Waals surface area contributed by atoms with Gasteiger partial charge in [0.05, 0.1) is 12.2 Å². The minimum absolute atomic E-state index is 0.135. The highest BCUT2D eigenvalue weighted by Gasteiger charge is 2.56. The van der Waals surface area contributed by atoms with Crippen LogP contribution in [0.1, 0.15) is 65.7 Å². The smallest absolute Gasteiger partial charge is 0.0578 e. The summed E-state index contributed by atoms with van der Waals surface area (Å²) in [5.41, 5.74) is 3.71. The first-order valence-electron chi connectivity index (χ1n) is 9.63. The Hall–Kier alpha value is -0.600. The first-order chi connectivity index (χ1) is 10.9. The molecule has 1 unspecified atom stereocenters. The molecule has 3 saturated carbocycles. The first kappa shape index (κ1) is 15.9. The number of rotatable bonds is 1. The van der Waals surface area contributed by atoms with E-state index >= 15 is 0 Å². The zero-order valence-electron chi connectivity index (χ0n) is 14.9. The lowest BCUT2D eigenvalue weighted by molar-refractivity contribution is 0.00425. The van der Waals surface area contributed by atoms with Gasteiger partial charge < -0.3 is 10.2 Å². The number of aliphatic hydroxyl groups is 2. The van der Waals surface area contributed by atoms with E-state index in [1.54, 1.807) is 5.57 Å². The van der Waals surface area contributed by atoms with Crippen LogP contribution >= 0.6 is 0 Å². The molecule has 2 N–H and O–H groups in total. The van der Waals surface area contributed by atoms with Gasteiger partial charge in [-0.3, -0.25) is 0 Å². The Morgan fingerprint density at radius 1 is 1.04 bits per heavy atom. The molecule has 23 heavy (non-hydrogen) atoms. The molecule has 0 aromatic rings. The van der Waals surface area contributed by atoms with Gasteiger partial charge in [0.1, 0.15) is 0 Å². The SMILES string of the molecule is C[C@@H](O)C1CC[C@H]2C3=CC=C4C[C@@H](O)CC[C@]4(C)[C@H]3CC[C@]12C. The van der Waals surface area contributed by atoms with Gasteiger partial charge in [0, 0.05) is 0 Å². The molecule has 0 aliphatic heterocycles. The molecule has 0 bridgehead atoms. The standard InChI is InChI=1S/C21H32O2/c1-13(22)17-6-7-18-16-5-4-14-12-15(23)8-10-20(14,2)19(16)9-11-21(17,18)3/h4-5,13,15,17-19,22-23H,6-12H2,1-3H3/t13-,15+,17?,18+,19+,20+,21-/m1/s1. The summed E-state index contributed by atoms with van der Waals surface area (Å²) in [6.45, 7) is 6.87. The number of aliphatic hydroxyl groups excluding tert-OH is 2. The van der Waals surface area contributed by atoms with Gasteiger partial charge in [0.25, 0.3) is 0 Å². The van der Waals surface area contributed by atoms with Crippen molar-refractivity contribution in [3.63, 3.8) is 0 Å². The highest BCUT2D eigenvalue weighted by molar-refractivity contribution is 5.38. The average molecular weight is 316 g/mol. The van der Waals surface area contributed by atoms with Crippen molar-refractivity contribution >= 4 is 0 Å². The highest BCUT2D eigenvalue weighted by Crippen LogP contribution is 2.65. The Balaban J connectivity index is 1.71. The van der Waals surface area contributed by atoms with Crippen molar-refractivity contribution in [2.24, 2.45) is 28.6 Å². The van der Waals surface area contributed by atoms with Crippen LogP contribution in [0.25, 0.3) is 0 Å². The Morgan fingerprint density at radius 2 is 1.83 bits per heavy atom. The van der Waals surface area contributed by atoms with Crippen LogP contribution < -0.4 is 0 Å². The molecule has 2 nitrogen and oxygen atoms in total. The minimum Gasteiger partial charge on any atom is -0.393 e. The number of hydrogen-bond acceptors (Lipinski definition) is 2. The third-order valence-electron chi connectivity index (χ3n) is 8.20. The third kappa shape index (κ3) is 2.14. The second kappa shape index (κ2) is 5.20. The van der Waals surface area contributed by atoms with E-state index in [4.69, 9.17) is 0 Å². The van der Waals surface area contributed by atoms with Gasteiger partial charge in [-0.25, -0.2) is 0 Å². The predicted octanol–water partition coefficient (Wildman–Crippen LogP) is 4.23. The van der Waals surface area contributed by atoms with Crippen LogP contribution in [0.2, 0.25) is 0 Å². The molecule has 0 aromatic carbocycles. The molecule has 0 saturated heterocycles. The zero-order valence-corrected chi connectivity index (χ0v) is 14.9. The summed E-state index contributed by atoms with van der Waals surface area (Å²) >= 11 is 0. The van der Waals surface area contributed by atoms with Crippen LogP contribution in [-0.2, 0) is 0 Å². The lowest BCUT2D eigenvalue weighted by Crippen LogP contribution is -2.47. The third-order valence-corrected chi connectivity index (χ3v) is 8.20. The van der Waals surface area contributed by atoms with E-state index in [1.165, 1.54) is 31.3 Å². The Morgan fingerprint density at radius 3 is 2.57 bits per heavy atom. The van der Waals surface area contributed by atoms with Gasteiger partial charge in [-0.05, 0) is 80.5 Å². The molecule has 3 fully saturated rings. The monoisotopic (exact) mass is 316 g/mol. The van der Waals surface area contributed by atoms with E-state index in [0.29, 0.717) is 17.8 Å².